The number of H-pyrrole nitrogens is 1. The zero-order valence-corrected chi connectivity index (χ0v) is 15.6. The summed E-state index contributed by atoms with van der Waals surface area (Å²) in [6.45, 7) is 4.37. The highest BCUT2D eigenvalue weighted by Crippen LogP contribution is 2.28. The summed E-state index contributed by atoms with van der Waals surface area (Å²) in [5.41, 5.74) is 3.67. The van der Waals surface area contributed by atoms with Crippen molar-refractivity contribution < 1.29 is 23.9 Å². The molecule has 0 saturated carbocycles. The molecule has 0 atom stereocenters. The number of carbonyl (C=O) groups is 4. The number of hydrogen-bond acceptors (Lipinski definition) is 5. The van der Waals surface area contributed by atoms with Crippen molar-refractivity contribution in [3.63, 3.8) is 0 Å². The molecule has 0 saturated heterocycles. The minimum absolute atomic E-state index is 0.0279. The number of hydrogen-bond donors (Lipinski definition) is 1. The SMILES string of the molecule is CC(=O)c1c(C)[nH]c(C(=O)OCC(=O)c2ccc3c(c2)CC(=O)N3C)c1C. The summed E-state index contributed by atoms with van der Waals surface area (Å²) in [6, 6.07) is 4.99. The van der Waals surface area contributed by atoms with Gasteiger partial charge in [0, 0.05) is 29.6 Å². The molecule has 0 aliphatic carbocycles. The van der Waals surface area contributed by atoms with Gasteiger partial charge in [0.05, 0.1) is 6.42 Å². The Kier molecular flexibility index (Phi) is 4.70. The largest absolute Gasteiger partial charge is 0.453 e. The van der Waals surface area contributed by atoms with Crippen LogP contribution >= 0.6 is 0 Å². The van der Waals surface area contributed by atoms with E-state index in [1.165, 1.54) is 6.92 Å². The number of aromatic amines is 1. The van der Waals surface area contributed by atoms with Gasteiger partial charge in [-0.3, -0.25) is 14.4 Å². The van der Waals surface area contributed by atoms with Crippen LogP contribution in [0, 0.1) is 13.8 Å². The van der Waals surface area contributed by atoms with E-state index in [0.29, 0.717) is 22.4 Å². The average Bonchev–Trinajstić information content (AvgIpc) is 3.07. The van der Waals surface area contributed by atoms with Crippen molar-refractivity contribution in [3.8, 4) is 0 Å². The van der Waals surface area contributed by atoms with Gasteiger partial charge in [0.1, 0.15) is 5.69 Å². The van der Waals surface area contributed by atoms with Gasteiger partial charge in [-0.1, -0.05) is 0 Å². The first-order valence-corrected chi connectivity index (χ1v) is 8.50. The van der Waals surface area contributed by atoms with E-state index in [0.717, 1.165) is 11.3 Å². The topological polar surface area (TPSA) is 96.5 Å². The van der Waals surface area contributed by atoms with Crippen LogP contribution in [0.1, 0.15) is 54.9 Å². The number of rotatable bonds is 5. The molecule has 1 amide bonds. The smallest absolute Gasteiger partial charge is 0.355 e. The van der Waals surface area contributed by atoms with Gasteiger partial charge in [-0.25, -0.2) is 4.79 Å². The number of aryl methyl sites for hydroxylation is 1. The lowest BCUT2D eigenvalue weighted by molar-refractivity contribution is -0.117. The fourth-order valence-corrected chi connectivity index (χ4v) is 3.41. The number of amides is 1. The molecule has 1 aliphatic rings. The minimum atomic E-state index is -0.687. The van der Waals surface area contributed by atoms with Gasteiger partial charge in [0.15, 0.2) is 18.2 Å². The summed E-state index contributed by atoms with van der Waals surface area (Å²) in [4.78, 5) is 52.5. The van der Waals surface area contributed by atoms with Crippen molar-refractivity contribution in [3.05, 3.63) is 51.8 Å². The molecule has 0 bridgehead atoms. The first kappa shape index (κ1) is 18.6. The minimum Gasteiger partial charge on any atom is -0.453 e. The third-order valence-corrected chi connectivity index (χ3v) is 4.81. The number of anilines is 1. The summed E-state index contributed by atoms with van der Waals surface area (Å²) in [6.07, 6.45) is 0.251. The zero-order valence-electron chi connectivity index (χ0n) is 15.6. The van der Waals surface area contributed by atoms with Crippen LogP contribution in [0.2, 0.25) is 0 Å². The molecule has 1 aliphatic heterocycles. The lowest BCUT2D eigenvalue weighted by Crippen LogP contribution is -2.20. The van der Waals surface area contributed by atoms with E-state index in [4.69, 9.17) is 4.74 Å². The molecule has 140 valence electrons. The van der Waals surface area contributed by atoms with Gasteiger partial charge in [0.2, 0.25) is 5.91 Å². The van der Waals surface area contributed by atoms with Gasteiger partial charge >= 0.3 is 5.97 Å². The van der Waals surface area contributed by atoms with E-state index < -0.39 is 12.6 Å². The summed E-state index contributed by atoms with van der Waals surface area (Å²) in [7, 11) is 1.69. The molecule has 7 nitrogen and oxygen atoms in total. The third kappa shape index (κ3) is 3.28. The van der Waals surface area contributed by atoms with E-state index in [2.05, 4.69) is 4.98 Å². The Bertz CT molecular complexity index is 986. The first-order valence-electron chi connectivity index (χ1n) is 8.50. The van der Waals surface area contributed by atoms with Crippen LogP contribution in [0.4, 0.5) is 5.69 Å². The second kappa shape index (κ2) is 6.83. The molecule has 0 unspecified atom stereocenters. The van der Waals surface area contributed by atoms with Crippen molar-refractivity contribution in [2.75, 3.05) is 18.6 Å². The van der Waals surface area contributed by atoms with E-state index in [-0.39, 0.29) is 29.6 Å². The van der Waals surface area contributed by atoms with E-state index in [9.17, 15) is 19.2 Å². The normalized spacial score (nSPS) is 12.9. The monoisotopic (exact) mass is 368 g/mol. The summed E-state index contributed by atoms with van der Waals surface area (Å²) < 4.78 is 5.13. The number of esters is 1. The van der Waals surface area contributed by atoms with E-state index in [1.54, 1.807) is 44.0 Å². The van der Waals surface area contributed by atoms with Crippen LogP contribution in [-0.2, 0) is 16.0 Å². The number of likely N-dealkylation sites (N-methyl/N-ethyl adjacent to an activating group) is 1. The predicted molar refractivity (Wildman–Crippen MR) is 98.4 cm³/mol. The highest BCUT2D eigenvalue weighted by molar-refractivity contribution is 6.05. The molecular formula is C20H20N2O5. The summed E-state index contributed by atoms with van der Waals surface area (Å²) in [5.74, 6) is -1.22. The molecule has 1 aromatic heterocycles. The van der Waals surface area contributed by atoms with Gasteiger partial charge in [-0.2, -0.15) is 0 Å². The molecule has 3 rings (SSSR count). The van der Waals surface area contributed by atoms with E-state index >= 15 is 0 Å². The molecular weight excluding hydrogens is 348 g/mol. The van der Waals surface area contributed by atoms with Gasteiger partial charge < -0.3 is 14.6 Å². The van der Waals surface area contributed by atoms with Gasteiger partial charge in [0.25, 0.3) is 0 Å². The predicted octanol–water partition coefficient (Wildman–Crippen LogP) is 2.39. The molecule has 0 fully saturated rings. The maximum Gasteiger partial charge on any atom is 0.355 e. The van der Waals surface area contributed by atoms with Crippen LogP contribution < -0.4 is 4.90 Å². The highest BCUT2D eigenvalue weighted by atomic mass is 16.5. The number of Topliss-reactive ketones (excluding diaryl/α,β-unsaturated/α-hetero) is 2. The number of carbonyl (C=O) groups excluding carboxylic acids is 4. The molecule has 2 aromatic rings. The first-order chi connectivity index (χ1) is 12.7. The molecule has 1 N–H and O–H groups in total. The molecule has 1 aromatic carbocycles. The van der Waals surface area contributed by atoms with Crippen molar-refractivity contribution in [2.24, 2.45) is 0 Å². The van der Waals surface area contributed by atoms with Crippen LogP contribution in [-0.4, -0.2) is 42.1 Å². The lowest BCUT2D eigenvalue weighted by atomic mass is 10.1. The second-order valence-electron chi connectivity index (χ2n) is 6.65. The maximum atomic E-state index is 12.4. The summed E-state index contributed by atoms with van der Waals surface area (Å²) >= 11 is 0. The Morgan fingerprint density at radius 2 is 1.93 bits per heavy atom. The Labute approximate surface area is 156 Å². The van der Waals surface area contributed by atoms with Crippen molar-refractivity contribution in [1.82, 2.24) is 4.98 Å². The Balaban J connectivity index is 1.71. The number of ether oxygens (including phenoxy) is 1. The van der Waals surface area contributed by atoms with Crippen LogP contribution in [0.3, 0.4) is 0 Å². The van der Waals surface area contributed by atoms with Crippen LogP contribution in [0.25, 0.3) is 0 Å². The van der Waals surface area contributed by atoms with Crippen LogP contribution in [0.15, 0.2) is 18.2 Å². The Hall–Kier alpha value is -3.22. The molecule has 7 heteroatoms. The molecule has 2 heterocycles. The zero-order chi connectivity index (χ0) is 19.9. The average molecular weight is 368 g/mol. The van der Waals surface area contributed by atoms with Crippen molar-refractivity contribution in [2.45, 2.75) is 27.2 Å². The highest BCUT2D eigenvalue weighted by Gasteiger charge is 2.25. The standard InChI is InChI=1S/C20H20N2O5/c1-10-18(12(3)23)11(2)21-19(10)20(26)27-9-16(24)13-5-6-15-14(7-13)8-17(25)22(15)4/h5-7,21H,8-9H2,1-4H3. The molecule has 0 radical (unpaired) electrons. The third-order valence-electron chi connectivity index (χ3n) is 4.81. The number of ketones is 2. The second-order valence-corrected chi connectivity index (χ2v) is 6.65. The number of benzene rings is 1. The number of nitrogens with zero attached hydrogens (tertiary/aromatic N) is 1. The lowest BCUT2D eigenvalue weighted by Gasteiger charge is -2.10. The molecule has 0 spiro atoms. The fourth-order valence-electron chi connectivity index (χ4n) is 3.41. The number of aromatic nitrogens is 1. The quantitative estimate of drug-likeness (QED) is 0.646. The Morgan fingerprint density at radius 3 is 2.56 bits per heavy atom. The molecule has 27 heavy (non-hydrogen) atoms. The Morgan fingerprint density at radius 1 is 1.22 bits per heavy atom. The van der Waals surface area contributed by atoms with Crippen molar-refractivity contribution >= 4 is 29.1 Å². The number of fused-ring (bicyclic) bond motifs is 1. The van der Waals surface area contributed by atoms with Crippen LogP contribution in [0.5, 0.6) is 0 Å². The fraction of sp³-hybridized carbons (Fsp3) is 0.300. The number of nitrogens with one attached hydrogen (secondary N) is 1. The maximum absolute atomic E-state index is 12.4. The van der Waals surface area contributed by atoms with Crippen molar-refractivity contribution in [1.29, 1.82) is 0 Å². The van der Waals surface area contributed by atoms with Gasteiger partial charge in [-0.05, 0) is 50.1 Å². The van der Waals surface area contributed by atoms with Gasteiger partial charge in [-0.15, -0.1) is 0 Å². The van der Waals surface area contributed by atoms with E-state index in [1.807, 2.05) is 0 Å². The summed E-state index contributed by atoms with van der Waals surface area (Å²) in [5, 5.41) is 0.